The van der Waals surface area contributed by atoms with Crippen LogP contribution in [0.25, 0.3) is 0 Å². The van der Waals surface area contributed by atoms with Crippen LogP contribution >= 0.6 is 56.2 Å². The number of carboxylic acids is 1. The third kappa shape index (κ3) is 38.9. The molecule has 42 heteroatoms. The molecule has 0 spiro atoms. The number of aromatic amines is 3. The maximum atomic E-state index is 12.6. The Bertz CT molecular complexity index is 4400. The van der Waals surface area contributed by atoms with Crippen LogP contribution in [-0.4, -0.2) is 284 Å². The lowest BCUT2D eigenvalue weighted by molar-refractivity contribution is -0.142. The first-order chi connectivity index (χ1) is 61.3. The molecule has 129 heavy (non-hydrogen) atoms. The van der Waals surface area contributed by atoms with Crippen molar-refractivity contribution in [1.29, 1.82) is 0 Å². The van der Waals surface area contributed by atoms with Crippen LogP contribution in [0.4, 0.5) is 30.6 Å². The number of aromatic nitrogens is 6. The minimum absolute atomic E-state index is 0.0309. The lowest BCUT2D eigenvalue weighted by Gasteiger charge is -2.33. The molecule has 16 rings (SSSR count). The summed E-state index contributed by atoms with van der Waals surface area (Å²) in [6.07, 6.45) is 9.45. The lowest BCUT2D eigenvalue weighted by Crippen LogP contribution is -2.49. The number of hydrogen-bond donors (Lipinski definition) is 8. The summed E-state index contributed by atoms with van der Waals surface area (Å²) in [6.45, 7) is 32.3. The summed E-state index contributed by atoms with van der Waals surface area (Å²) in [7, 11) is 8.36. The van der Waals surface area contributed by atoms with E-state index in [1.54, 1.807) is 73.9 Å². The molecular formula is C87H126Cl5N13O23S. The van der Waals surface area contributed by atoms with Gasteiger partial charge >= 0.3 is 30.3 Å². The predicted octanol–water partition coefficient (Wildman–Crippen LogP) is 12.8. The number of carbonyl (C=O) groups is 9. The number of aliphatic imine (C=N–C) groups is 1. The van der Waals surface area contributed by atoms with Gasteiger partial charge in [0.15, 0.2) is 5.78 Å². The summed E-state index contributed by atoms with van der Waals surface area (Å²) in [6, 6.07) is 13.8. The summed E-state index contributed by atoms with van der Waals surface area (Å²) in [5, 5.41) is 52.9. The summed E-state index contributed by atoms with van der Waals surface area (Å²) in [5.74, 6) is -0.675. The largest absolute Gasteiger partial charge is 0.481 e. The Balaban J connectivity index is 0.000000229. The Kier molecular flexibility index (Phi) is 47.7. The highest BCUT2D eigenvalue weighted by Crippen LogP contribution is 2.35. The van der Waals surface area contributed by atoms with Crippen LogP contribution in [0.15, 0.2) is 53.5 Å². The van der Waals surface area contributed by atoms with E-state index in [9.17, 15) is 47.9 Å². The average molecular weight is 1930 g/mol. The fourth-order valence-electron chi connectivity index (χ4n) is 14.5. The van der Waals surface area contributed by atoms with Crippen LogP contribution in [0.3, 0.4) is 0 Å². The number of H-pyrrole nitrogens is 3. The van der Waals surface area contributed by atoms with Crippen molar-refractivity contribution in [2.24, 2.45) is 28.7 Å². The molecule has 8 fully saturated rings. The molecule has 2 aromatic carbocycles. The number of ether oxygens (including phenoxy) is 9. The van der Waals surface area contributed by atoms with E-state index in [4.69, 9.17) is 97.0 Å². The van der Waals surface area contributed by atoms with Gasteiger partial charge in [-0.05, 0) is 156 Å². The van der Waals surface area contributed by atoms with Gasteiger partial charge in [-0.15, -0.1) is 0 Å². The smallest absolute Gasteiger partial charge is 0.410 e. The second kappa shape index (κ2) is 56.1. The van der Waals surface area contributed by atoms with Crippen molar-refractivity contribution in [2.75, 3.05) is 144 Å². The molecule has 0 saturated carbocycles. The molecule has 11 aliphatic rings. The predicted molar refractivity (Wildman–Crippen MR) is 484 cm³/mol. The maximum Gasteiger partial charge on any atom is 0.410 e. The number of halogens is 5. The number of isocyanates is 1. The Hall–Kier alpha value is -8.08. The average Bonchev–Trinajstić information content (AvgIpc) is 1.68. The number of nitrogens with one attached hydrogen (secondary N) is 5. The number of amides is 5. The van der Waals surface area contributed by atoms with Crippen LogP contribution in [-0.2, 0) is 120 Å². The summed E-state index contributed by atoms with van der Waals surface area (Å²) in [4.78, 5) is 124. The van der Waals surface area contributed by atoms with Crippen molar-refractivity contribution in [2.45, 2.75) is 200 Å². The van der Waals surface area contributed by atoms with E-state index in [1.807, 2.05) is 58.6 Å². The fourth-order valence-corrected chi connectivity index (χ4v) is 15.0. The molecule has 0 bridgehead atoms. The number of hydrogen-bond acceptors (Lipinski definition) is 27. The molecule has 0 radical (unpaired) electrons. The van der Waals surface area contributed by atoms with Gasteiger partial charge in [0.1, 0.15) is 28.4 Å². The quantitative estimate of drug-likeness (QED) is 0.0223. The second-order valence-corrected chi connectivity index (χ2v) is 38.0. The molecule has 11 aliphatic heterocycles. The first kappa shape index (κ1) is 110. The highest BCUT2D eigenvalue weighted by atomic mass is 36.0. The molecule has 718 valence electrons. The fraction of sp³-hybridized carbons (Fsp3) is 0.644. The highest BCUT2D eigenvalue weighted by Gasteiger charge is 2.41. The van der Waals surface area contributed by atoms with Crippen LogP contribution in [0.5, 0.6) is 0 Å². The molecule has 36 nitrogen and oxygen atoms in total. The summed E-state index contributed by atoms with van der Waals surface area (Å²) in [5.41, 5.74) is 10.4. The van der Waals surface area contributed by atoms with E-state index in [0.29, 0.717) is 157 Å². The maximum absolute atomic E-state index is 12.6. The molecule has 3 aromatic heterocycles. The van der Waals surface area contributed by atoms with Gasteiger partial charge in [-0.25, -0.2) is 28.2 Å². The topological polar surface area (TPSA) is 467 Å². The number of benzene rings is 2. The minimum atomic E-state index is -1.67. The second-order valence-electron chi connectivity index (χ2n) is 34.2. The standard InChI is InChI=1S/C17H19ClN4O2.C15H23N3O3.C15H23NO5.C10H15N3O.C10H17NO3.C7H4ClNO.C5H7ClO2.C5H8O3.C2H6O.CH4O.Cl2OS/c18-12-2-1-3-13(8-12)19-17(23)22-6-4-15-14(9-22)16(21-20-15)11-5-7-24-10-11;1-15(2,3)21-14(19)18-6-4-12-11(8-18)13(17-16-12)10-5-7-20-9-10;1-15(2,3)21-14(19)16-6-4-12(17)11(8-16)13(18)10-5-7-20-9-10;1-3-11-5-8-9(1)12-13-10(8)7-2-4-14-6-7;1-10(2,3)14-9(13)11-6-4-8(12)5-7-11;8-6-2-1-3-7(4-6)9-5-10;2*6-5(7)4-1-2-8-3-4;1-2-3;1-2;1-4(2)3/h1-3,8,11H,4-7,9-10H2,(H,19,23)(H,20,21);10H,4-9H2,1-3H3,(H,16,17);10-11H,4-9H2,1-3H3;7,11H,1-6H2,(H,12,13);4-7H2,1-3H3;1-4H;4H,1-3H2;4H,1-3H2,(H,6,7);3H,2H2,1H3;2H,1H3;. The molecule has 0 aliphatic carbocycles. The Morgan fingerprint density at radius 1 is 0.558 bits per heavy atom. The highest BCUT2D eigenvalue weighted by molar-refractivity contribution is 8.26. The van der Waals surface area contributed by atoms with Crippen molar-refractivity contribution in [3.8, 4) is 0 Å². The monoisotopic (exact) mass is 1930 g/mol. The first-order valence-corrected chi connectivity index (χ1v) is 47.0. The molecule has 7 unspecified atom stereocenters. The van der Waals surface area contributed by atoms with Gasteiger partial charge in [0.05, 0.1) is 93.3 Å². The Morgan fingerprint density at radius 3 is 1.38 bits per heavy atom. The Morgan fingerprint density at radius 2 is 0.961 bits per heavy atom. The number of rotatable bonds is 9. The Labute approximate surface area is 779 Å². The van der Waals surface area contributed by atoms with Gasteiger partial charge in [-0.1, -0.05) is 35.3 Å². The number of carbonyl (C=O) groups excluding carboxylic acids is 9. The van der Waals surface area contributed by atoms with E-state index >= 15 is 0 Å². The summed E-state index contributed by atoms with van der Waals surface area (Å²) >= 11 is 16.7. The minimum Gasteiger partial charge on any atom is -0.481 e. The number of aliphatic hydroxyl groups excluding tert-OH is 2. The number of piperidine rings is 2. The number of anilines is 1. The zero-order chi connectivity index (χ0) is 95.0. The molecule has 14 heterocycles. The van der Waals surface area contributed by atoms with Crippen LogP contribution in [0.1, 0.15) is 196 Å². The van der Waals surface area contributed by atoms with Gasteiger partial charge in [-0.2, -0.15) is 20.3 Å². The van der Waals surface area contributed by atoms with Crippen molar-refractivity contribution >= 4 is 136 Å². The van der Waals surface area contributed by atoms with Crippen LogP contribution < -0.4 is 10.6 Å². The third-order valence-corrected chi connectivity index (χ3v) is 21.7. The molecule has 8 saturated heterocycles. The first-order valence-electron chi connectivity index (χ1n) is 43.1. The van der Waals surface area contributed by atoms with Gasteiger partial charge in [-0.3, -0.25) is 39.3 Å². The summed E-state index contributed by atoms with van der Waals surface area (Å²) < 4.78 is 56.3. The number of carboxylic acid groups (broad SMARTS) is 1. The number of nitrogens with zero attached hydrogens (tertiary/aromatic N) is 8. The van der Waals surface area contributed by atoms with Crippen molar-refractivity contribution in [3.05, 3.63) is 109 Å². The van der Waals surface area contributed by atoms with E-state index < -0.39 is 44.0 Å². The number of urea groups is 1. The van der Waals surface area contributed by atoms with E-state index in [-0.39, 0.29) is 78.1 Å². The molecule has 8 N–H and O–H groups in total. The molecule has 5 amide bonds. The number of fused-ring (bicyclic) bond motifs is 3. The molecule has 7 atom stereocenters. The van der Waals surface area contributed by atoms with Gasteiger partial charge < -0.3 is 88.2 Å². The van der Waals surface area contributed by atoms with E-state index in [0.717, 1.165) is 132 Å². The number of aliphatic hydroxyl groups is 2. The van der Waals surface area contributed by atoms with E-state index in [1.165, 1.54) is 27.9 Å². The van der Waals surface area contributed by atoms with Gasteiger partial charge in [0, 0.05) is 239 Å². The van der Waals surface area contributed by atoms with Crippen molar-refractivity contribution in [1.82, 2.24) is 55.5 Å². The number of likely N-dealkylation sites (tertiary alicyclic amines) is 2. The van der Waals surface area contributed by atoms with E-state index in [2.05, 4.69) is 67.6 Å². The van der Waals surface area contributed by atoms with Crippen molar-refractivity contribution < 1.29 is 110 Å². The number of ketones is 3. The zero-order valence-electron chi connectivity index (χ0n) is 75.3. The van der Waals surface area contributed by atoms with Crippen LogP contribution in [0, 0.1) is 23.7 Å². The molecule has 5 aromatic rings. The van der Waals surface area contributed by atoms with Crippen molar-refractivity contribution in [3.63, 3.8) is 0 Å². The molecular weight excluding hydrogens is 1800 g/mol. The lowest BCUT2D eigenvalue weighted by atomic mass is 9.85. The van der Waals surface area contributed by atoms with Gasteiger partial charge in [0.25, 0.3) is 0 Å². The number of Topliss-reactive ketones (excluding diaryl/α,β-unsaturated/α-hetero) is 3. The number of aliphatic carboxylic acids is 1. The zero-order valence-corrected chi connectivity index (χ0v) is 79.9. The SMILES string of the molecule is C1Cc2[nH]nc(C3CCOC3)c2CN1.CC(C)(C)OC(=O)N1CCC(=O)C(C(=O)C2CCOC2)C1.CC(C)(C)OC(=O)N1CCC(=O)CC1.CC(C)(C)OC(=O)N1CCc2[nH]nc(C3CCOC3)c2C1.CCO.CO.O=C(Cl)C1CCOC1.O=C(Nc1cccc(Cl)c1)N1CCc2[nH]nc(C3CCOC3)c2C1.O=C(O)C1CCOC1.O=C=Nc1cccc(Cl)c1.O=S(Cl)Cl. The third-order valence-electron chi connectivity index (χ3n) is 21.0. The normalized spacial score (nSPS) is 21.2. The van der Waals surface area contributed by atoms with Crippen LogP contribution in [0.2, 0.25) is 10.0 Å². The van der Waals surface area contributed by atoms with Gasteiger partial charge in [0.2, 0.25) is 20.5 Å².